The molecular formula is C11H17BrN4. The van der Waals surface area contributed by atoms with E-state index in [9.17, 15) is 0 Å². The second kappa shape index (κ2) is 4.99. The molecule has 1 heterocycles. The Labute approximate surface area is 104 Å². The lowest BCUT2D eigenvalue weighted by atomic mass is 9.98. The van der Waals surface area contributed by atoms with Crippen LogP contribution in [-0.4, -0.2) is 16.5 Å². The fraction of sp³-hybridized carbons (Fsp3) is 0.636. The largest absolute Gasteiger partial charge is 0.383 e. The summed E-state index contributed by atoms with van der Waals surface area (Å²) in [6, 6.07) is 0. The van der Waals surface area contributed by atoms with E-state index < -0.39 is 0 Å². The Morgan fingerprint density at radius 3 is 3.00 bits per heavy atom. The van der Waals surface area contributed by atoms with Crippen molar-refractivity contribution in [2.24, 2.45) is 11.8 Å². The summed E-state index contributed by atoms with van der Waals surface area (Å²) in [4.78, 5) is 8.09. The Morgan fingerprint density at radius 2 is 2.31 bits per heavy atom. The van der Waals surface area contributed by atoms with Gasteiger partial charge in [-0.05, 0) is 34.2 Å². The van der Waals surface area contributed by atoms with Gasteiger partial charge in [-0.25, -0.2) is 9.97 Å². The molecule has 0 aliphatic heterocycles. The van der Waals surface area contributed by atoms with Crippen LogP contribution in [0, 0.1) is 11.8 Å². The van der Waals surface area contributed by atoms with Crippen LogP contribution in [0.15, 0.2) is 10.8 Å². The highest BCUT2D eigenvalue weighted by Gasteiger charge is 2.23. The predicted molar refractivity (Wildman–Crippen MR) is 69.1 cm³/mol. The Hall–Kier alpha value is -0.840. The molecule has 3 N–H and O–H groups in total. The molecule has 1 aliphatic rings. The molecule has 1 aromatic heterocycles. The molecule has 4 nitrogen and oxygen atoms in total. The van der Waals surface area contributed by atoms with Crippen LogP contribution in [0.3, 0.4) is 0 Å². The summed E-state index contributed by atoms with van der Waals surface area (Å²) >= 11 is 3.39. The summed E-state index contributed by atoms with van der Waals surface area (Å²) < 4.78 is 0.764. The van der Waals surface area contributed by atoms with Crippen LogP contribution in [0.1, 0.15) is 26.2 Å². The first kappa shape index (κ1) is 11.6. The van der Waals surface area contributed by atoms with Gasteiger partial charge in [-0.15, -0.1) is 0 Å². The third-order valence-corrected chi connectivity index (χ3v) is 4.17. The van der Waals surface area contributed by atoms with Crippen molar-refractivity contribution in [1.82, 2.24) is 9.97 Å². The highest BCUT2D eigenvalue weighted by atomic mass is 79.9. The first-order chi connectivity index (χ1) is 7.68. The first-order valence-corrected chi connectivity index (χ1v) is 6.47. The lowest BCUT2D eigenvalue weighted by molar-refractivity contribution is 0.439. The molecular weight excluding hydrogens is 268 g/mol. The molecule has 16 heavy (non-hydrogen) atoms. The quantitative estimate of drug-likeness (QED) is 0.896. The van der Waals surface area contributed by atoms with Crippen LogP contribution >= 0.6 is 15.9 Å². The summed E-state index contributed by atoms with van der Waals surface area (Å²) in [5.41, 5.74) is 5.69. The number of nitrogens with two attached hydrogens (primary N) is 1. The van der Waals surface area contributed by atoms with E-state index in [0.717, 1.165) is 28.7 Å². The van der Waals surface area contributed by atoms with Crippen LogP contribution in [0.2, 0.25) is 0 Å². The molecule has 2 rings (SSSR count). The van der Waals surface area contributed by atoms with E-state index in [0.29, 0.717) is 5.82 Å². The second-order valence-electron chi connectivity index (χ2n) is 4.47. The van der Waals surface area contributed by atoms with Crippen LogP contribution in [0.4, 0.5) is 11.6 Å². The molecule has 2 atom stereocenters. The van der Waals surface area contributed by atoms with Gasteiger partial charge in [-0.3, -0.25) is 0 Å². The SMILES string of the molecule is CC1CCCC1CNc1ncnc(N)c1Br. The first-order valence-electron chi connectivity index (χ1n) is 5.68. The van der Waals surface area contributed by atoms with E-state index in [1.165, 1.54) is 25.6 Å². The molecule has 1 aliphatic carbocycles. The van der Waals surface area contributed by atoms with Crippen molar-refractivity contribution >= 4 is 27.6 Å². The fourth-order valence-electron chi connectivity index (χ4n) is 2.26. The number of aromatic nitrogens is 2. The molecule has 1 aromatic rings. The molecule has 88 valence electrons. The zero-order chi connectivity index (χ0) is 11.5. The Bertz CT molecular complexity index is 369. The molecule has 1 fully saturated rings. The van der Waals surface area contributed by atoms with Gasteiger partial charge in [-0.1, -0.05) is 19.8 Å². The second-order valence-corrected chi connectivity index (χ2v) is 5.26. The number of hydrogen-bond donors (Lipinski definition) is 2. The lowest BCUT2D eigenvalue weighted by Crippen LogP contribution is -2.17. The van der Waals surface area contributed by atoms with Crippen LogP contribution in [-0.2, 0) is 0 Å². The van der Waals surface area contributed by atoms with Gasteiger partial charge in [0.25, 0.3) is 0 Å². The highest BCUT2D eigenvalue weighted by Crippen LogP contribution is 2.32. The van der Waals surface area contributed by atoms with Gasteiger partial charge in [0.1, 0.15) is 22.4 Å². The van der Waals surface area contributed by atoms with Gasteiger partial charge in [0.2, 0.25) is 0 Å². The van der Waals surface area contributed by atoms with Crippen molar-refractivity contribution in [3.05, 3.63) is 10.8 Å². The molecule has 0 bridgehead atoms. The summed E-state index contributed by atoms with van der Waals surface area (Å²) in [6.07, 6.45) is 5.49. The number of hydrogen-bond acceptors (Lipinski definition) is 4. The van der Waals surface area contributed by atoms with Gasteiger partial charge in [0.15, 0.2) is 0 Å². The van der Waals surface area contributed by atoms with E-state index >= 15 is 0 Å². The maximum absolute atomic E-state index is 5.69. The Balaban J connectivity index is 1.96. The fourth-order valence-corrected chi connectivity index (χ4v) is 2.60. The van der Waals surface area contributed by atoms with E-state index in [-0.39, 0.29) is 0 Å². The van der Waals surface area contributed by atoms with Crippen LogP contribution in [0.25, 0.3) is 0 Å². The minimum atomic E-state index is 0.483. The number of nitrogens with one attached hydrogen (secondary N) is 1. The number of nitrogen functional groups attached to an aromatic ring is 1. The number of anilines is 2. The average molecular weight is 285 g/mol. The summed E-state index contributed by atoms with van der Waals surface area (Å²) in [6.45, 7) is 3.29. The third-order valence-electron chi connectivity index (χ3n) is 3.39. The Morgan fingerprint density at radius 1 is 1.50 bits per heavy atom. The molecule has 0 radical (unpaired) electrons. The van der Waals surface area contributed by atoms with Crippen LogP contribution in [0.5, 0.6) is 0 Å². The monoisotopic (exact) mass is 284 g/mol. The number of halogens is 1. The number of rotatable bonds is 3. The highest BCUT2D eigenvalue weighted by molar-refractivity contribution is 9.10. The van der Waals surface area contributed by atoms with Gasteiger partial charge in [0.05, 0.1) is 0 Å². The lowest BCUT2D eigenvalue weighted by Gasteiger charge is -2.16. The van der Waals surface area contributed by atoms with Crippen molar-refractivity contribution in [1.29, 1.82) is 0 Å². The molecule has 5 heteroatoms. The maximum atomic E-state index is 5.69. The average Bonchev–Trinajstić information content (AvgIpc) is 2.67. The van der Waals surface area contributed by atoms with Gasteiger partial charge < -0.3 is 11.1 Å². The molecule has 0 aromatic carbocycles. The van der Waals surface area contributed by atoms with Gasteiger partial charge >= 0.3 is 0 Å². The molecule has 2 unspecified atom stereocenters. The molecule has 1 saturated carbocycles. The minimum absolute atomic E-state index is 0.483. The van der Waals surface area contributed by atoms with Crippen molar-refractivity contribution < 1.29 is 0 Å². The summed E-state index contributed by atoms with van der Waals surface area (Å²) in [5, 5.41) is 3.35. The van der Waals surface area contributed by atoms with Crippen molar-refractivity contribution in [3.63, 3.8) is 0 Å². The summed E-state index contributed by atoms with van der Waals surface area (Å²) in [7, 11) is 0. The Kier molecular flexibility index (Phi) is 3.63. The van der Waals surface area contributed by atoms with E-state index in [1.807, 2.05) is 0 Å². The zero-order valence-corrected chi connectivity index (χ0v) is 11.0. The van der Waals surface area contributed by atoms with Gasteiger partial charge in [0, 0.05) is 6.54 Å². The standard InChI is InChI=1S/C11H17BrN4/c1-7-3-2-4-8(7)5-14-11-9(12)10(13)15-6-16-11/h6-8H,2-5H2,1H3,(H3,13,14,15,16). The number of nitrogens with zero attached hydrogens (tertiary/aromatic N) is 2. The van der Waals surface area contributed by atoms with Crippen molar-refractivity contribution in [3.8, 4) is 0 Å². The predicted octanol–water partition coefficient (Wildman–Crippen LogP) is 2.67. The zero-order valence-electron chi connectivity index (χ0n) is 9.41. The van der Waals surface area contributed by atoms with Gasteiger partial charge in [-0.2, -0.15) is 0 Å². The van der Waals surface area contributed by atoms with Crippen molar-refractivity contribution in [2.75, 3.05) is 17.6 Å². The smallest absolute Gasteiger partial charge is 0.145 e. The molecule has 0 spiro atoms. The maximum Gasteiger partial charge on any atom is 0.145 e. The van der Waals surface area contributed by atoms with Crippen LogP contribution < -0.4 is 11.1 Å². The van der Waals surface area contributed by atoms with E-state index in [1.54, 1.807) is 0 Å². The molecule has 0 saturated heterocycles. The third kappa shape index (κ3) is 2.45. The minimum Gasteiger partial charge on any atom is -0.383 e. The normalized spacial score (nSPS) is 24.6. The molecule has 0 amide bonds. The topological polar surface area (TPSA) is 63.8 Å². The van der Waals surface area contributed by atoms with Crippen molar-refractivity contribution in [2.45, 2.75) is 26.2 Å². The summed E-state index contributed by atoms with van der Waals surface area (Å²) in [5.74, 6) is 2.84. The van der Waals surface area contributed by atoms with E-state index in [2.05, 4.69) is 38.1 Å². The van der Waals surface area contributed by atoms with E-state index in [4.69, 9.17) is 5.73 Å².